The lowest BCUT2D eigenvalue weighted by Gasteiger charge is -2.41. The van der Waals surface area contributed by atoms with Gasteiger partial charge in [0.25, 0.3) is 0 Å². The maximum absolute atomic E-state index is 12.6. The lowest BCUT2D eigenvalue weighted by atomic mass is 9.74. The van der Waals surface area contributed by atoms with Gasteiger partial charge in [0.05, 0.1) is 10.8 Å². The molecule has 2 N–H and O–H groups in total. The summed E-state index contributed by atoms with van der Waals surface area (Å²) in [6.07, 6.45) is 3.64. The molecule has 2 heterocycles. The smallest absolute Gasteiger partial charge is 0.309 e. The summed E-state index contributed by atoms with van der Waals surface area (Å²) < 4.78 is 0. The van der Waals surface area contributed by atoms with Crippen molar-refractivity contribution in [2.75, 3.05) is 26.2 Å². The Morgan fingerprint density at radius 1 is 1.25 bits per heavy atom. The summed E-state index contributed by atoms with van der Waals surface area (Å²) in [5.74, 6) is -0.502. The number of likely N-dealkylation sites (tertiary alicyclic amines) is 1. The molecular formula is C15H26N2O3. The van der Waals surface area contributed by atoms with Crippen LogP contribution in [-0.4, -0.2) is 48.1 Å². The van der Waals surface area contributed by atoms with Crippen molar-refractivity contribution in [3.05, 3.63) is 0 Å². The Bertz CT molecular complexity index is 381. The van der Waals surface area contributed by atoms with Gasteiger partial charge >= 0.3 is 5.97 Å². The number of piperidine rings is 1. The van der Waals surface area contributed by atoms with E-state index in [0.717, 1.165) is 25.9 Å². The van der Waals surface area contributed by atoms with Crippen LogP contribution in [0.4, 0.5) is 0 Å². The number of nitrogens with zero attached hydrogens (tertiary/aromatic N) is 1. The van der Waals surface area contributed by atoms with Crippen molar-refractivity contribution in [1.29, 1.82) is 0 Å². The number of amides is 1. The Morgan fingerprint density at radius 3 is 2.35 bits per heavy atom. The van der Waals surface area contributed by atoms with Crippen molar-refractivity contribution in [3.8, 4) is 0 Å². The molecule has 0 radical (unpaired) electrons. The fraction of sp³-hybridized carbons (Fsp3) is 0.867. The van der Waals surface area contributed by atoms with Crippen molar-refractivity contribution >= 4 is 11.9 Å². The van der Waals surface area contributed by atoms with Crippen molar-refractivity contribution in [2.45, 2.75) is 46.0 Å². The van der Waals surface area contributed by atoms with Crippen molar-refractivity contribution in [1.82, 2.24) is 10.2 Å². The van der Waals surface area contributed by atoms with Crippen LogP contribution < -0.4 is 5.32 Å². The minimum absolute atomic E-state index is 0.193. The van der Waals surface area contributed by atoms with Crippen molar-refractivity contribution in [3.63, 3.8) is 0 Å². The van der Waals surface area contributed by atoms with Gasteiger partial charge in [0, 0.05) is 19.6 Å². The molecule has 2 fully saturated rings. The number of aliphatic carboxylic acids is 1. The molecule has 0 aliphatic carbocycles. The minimum Gasteiger partial charge on any atom is -0.481 e. The highest BCUT2D eigenvalue weighted by Crippen LogP contribution is 2.38. The van der Waals surface area contributed by atoms with E-state index in [2.05, 4.69) is 5.32 Å². The zero-order valence-corrected chi connectivity index (χ0v) is 12.6. The molecular weight excluding hydrogens is 256 g/mol. The number of carbonyl (C=O) groups is 2. The molecule has 5 heteroatoms. The van der Waals surface area contributed by atoms with E-state index in [9.17, 15) is 14.7 Å². The van der Waals surface area contributed by atoms with E-state index in [1.165, 1.54) is 0 Å². The monoisotopic (exact) mass is 282 g/mol. The summed E-state index contributed by atoms with van der Waals surface area (Å²) in [5.41, 5.74) is -0.908. The zero-order valence-electron chi connectivity index (χ0n) is 12.6. The lowest BCUT2D eigenvalue weighted by molar-refractivity contribution is -0.156. The number of hydrogen-bond acceptors (Lipinski definition) is 3. The molecule has 0 aromatic carbocycles. The van der Waals surface area contributed by atoms with Gasteiger partial charge in [0.15, 0.2) is 0 Å². The van der Waals surface area contributed by atoms with Gasteiger partial charge in [-0.1, -0.05) is 13.3 Å². The van der Waals surface area contributed by atoms with Crippen LogP contribution in [0.5, 0.6) is 0 Å². The van der Waals surface area contributed by atoms with E-state index in [0.29, 0.717) is 32.4 Å². The maximum Gasteiger partial charge on any atom is 0.309 e. The van der Waals surface area contributed by atoms with Gasteiger partial charge in [-0.05, 0) is 39.2 Å². The Balaban J connectivity index is 2.00. The van der Waals surface area contributed by atoms with Gasteiger partial charge < -0.3 is 15.3 Å². The molecule has 2 saturated heterocycles. The molecule has 2 aliphatic rings. The fourth-order valence-electron chi connectivity index (χ4n) is 3.57. The van der Waals surface area contributed by atoms with Crippen LogP contribution >= 0.6 is 0 Å². The molecule has 0 saturated carbocycles. The molecule has 0 bridgehead atoms. The van der Waals surface area contributed by atoms with Crippen molar-refractivity contribution < 1.29 is 14.7 Å². The van der Waals surface area contributed by atoms with E-state index in [4.69, 9.17) is 0 Å². The van der Waals surface area contributed by atoms with Gasteiger partial charge in [-0.3, -0.25) is 9.59 Å². The quantitative estimate of drug-likeness (QED) is 0.819. The predicted molar refractivity (Wildman–Crippen MR) is 76.4 cm³/mol. The number of hydrogen-bond donors (Lipinski definition) is 2. The van der Waals surface area contributed by atoms with Crippen LogP contribution in [-0.2, 0) is 9.59 Å². The molecule has 2 aliphatic heterocycles. The van der Waals surface area contributed by atoms with E-state index in [1.807, 2.05) is 18.7 Å². The highest BCUT2D eigenvalue weighted by molar-refractivity contribution is 5.83. The zero-order chi connectivity index (χ0) is 14.8. The number of rotatable bonds is 4. The predicted octanol–water partition coefficient (Wildman–Crippen LogP) is 1.48. The lowest BCUT2D eigenvalue weighted by Crippen LogP contribution is -2.51. The molecule has 1 amide bonds. The third kappa shape index (κ3) is 2.68. The standard InChI is InChI=1S/C15H26N2O3/c1-3-4-15(13(19)20)6-9-17(10-7-15)12(18)14(2)5-8-16-11-14/h16H,3-11H2,1-2H3,(H,19,20). The summed E-state index contributed by atoms with van der Waals surface area (Å²) in [6.45, 7) is 6.83. The largest absolute Gasteiger partial charge is 0.481 e. The Hall–Kier alpha value is -1.10. The Labute approximate surface area is 120 Å². The second-order valence-corrected chi connectivity index (χ2v) is 6.62. The molecule has 5 nitrogen and oxygen atoms in total. The number of nitrogens with one attached hydrogen (secondary N) is 1. The van der Waals surface area contributed by atoms with Crippen molar-refractivity contribution in [2.24, 2.45) is 10.8 Å². The number of carboxylic acid groups (broad SMARTS) is 1. The first-order valence-corrected chi connectivity index (χ1v) is 7.67. The van der Waals surface area contributed by atoms with E-state index >= 15 is 0 Å². The average Bonchev–Trinajstić information content (AvgIpc) is 2.87. The van der Waals surface area contributed by atoms with Crippen LogP contribution in [0.2, 0.25) is 0 Å². The molecule has 114 valence electrons. The molecule has 1 atom stereocenters. The highest BCUT2D eigenvalue weighted by Gasteiger charge is 2.45. The molecule has 1 unspecified atom stereocenters. The first-order valence-electron chi connectivity index (χ1n) is 7.67. The summed E-state index contributed by atoms with van der Waals surface area (Å²) >= 11 is 0. The number of carbonyl (C=O) groups excluding carboxylic acids is 1. The van der Waals surface area contributed by atoms with Gasteiger partial charge in [-0.2, -0.15) is 0 Å². The van der Waals surface area contributed by atoms with E-state index in [-0.39, 0.29) is 11.3 Å². The van der Waals surface area contributed by atoms with Crippen LogP contribution in [0.3, 0.4) is 0 Å². The SMILES string of the molecule is CCCC1(C(=O)O)CCN(C(=O)C2(C)CCNC2)CC1. The summed E-state index contributed by atoms with van der Waals surface area (Å²) in [5, 5.41) is 12.7. The van der Waals surface area contributed by atoms with Crippen LogP contribution in [0.15, 0.2) is 0 Å². The second kappa shape index (κ2) is 5.72. The first-order chi connectivity index (χ1) is 9.43. The van der Waals surface area contributed by atoms with Gasteiger partial charge in [0.2, 0.25) is 5.91 Å². The number of carboxylic acids is 1. The van der Waals surface area contributed by atoms with Gasteiger partial charge in [-0.25, -0.2) is 0 Å². The third-order valence-corrected chi connectivity index (χ3v) is 5.08. The minimum atomic E-state index is -0.694. The Morgan fingerprint density at radius 2 is 1.90 bits per heavy atom. The van der Waals surface area contributed by atoms with E-state index in [1.54, 1.807) is 0 Å². The van der Waals surface area contributed by atoms with Gasteiger partial charge in [0.1, 0.15) is 0 Å². The molecule has 0 aromatic rings. The van der Waals surface area contributed by atoms with Crippen LogP contribution in [0, 0.1) is 10.8 Å². The maximum atomic E-state index is 12.6. The molecule has 2 rings (SSSR count). The fourth-order valence-corrected chi connectivity index (χ4v) is 3.57. The van der Waals surface area contributed by atoms with Crippen LogP contribution in [0.1, 0.15) is 46.0 Å². The summed E-state index contributed by atoms with van der Waals surface area (Å²) in [6, 6.07) is 0. The topological polar surface area (TPSA) is 69.6 Å². The average molecular weight is 282 g/mol. The van der Waals surface area contributed by atoms with E-state index < -0.39 is 11.4 Å². The Kier molecular flexibility index (Phi) is 4.37. The van der Waals surface area contributed by atoms with Gasteiger partial charge in [-0.15, -0.1) is 0 Å². The van der Waals surface area contributed by atoms with Crippen LogP contribution in [0.25, 0.3) is 0 Å². The summed E-state index contributed by atoms with van der Waals surface area (Å²) in [7, 11) is 0. The molecule has 0 spiro atoms. The summed E-state index contributed by atoms with van der Waals surface area (Å²) in [4.78, 5) is 26.0. The molecule has 0 aromatic heterocycles. The third-order valence-electron chi connectivity index (χ3n) is 5.08. The highest BCUT2D eigenvalue weighted by atomic mass is 16.4. The second-order valence-electron chi connectivity index (χ2n) is 6.62. The first kappa shape index (κ1) is 15.3. The molecule has 20 heavy (non-hydrogen) atoms. The normalized spacial score (nSPS) is 29.4.